The third-order valence-corrected chi connectivity index (χ3v) is 5.06. The van der Waals surface area contributed by atoms with Gasteiger partial charge in [-0.1, -0.05) is 76.5 Å². The Hall–Kier alpha value is -0.910. The second-order valence-electron chi connectivity index (χ2n) is 7.96. The minimum Gasteiger partial charge on any atom is -0.744 e. The number of hydrogen-bond acceptors (Lipinski definition) is 3. The van der Waals surface area contributed by atoms with E-state index in [0.29, 0.717) is 0 Å². The van der Waals surface area contributed by atoms with Crippen molar-refractivity contribution < 1.29 is 17.5 Å². The molecule has 26 heavy (non-hydrogen) atoms. The van der Waals surface area contributed by atoms with Crippen molar-refractivity contribution in [2.45, 2.75) is 76.0 Å². The first-order chi connectivity index (χ1) is 12.2. The number of hydrogen-bond donors (Lipinski definition) is 0. The summed E-state index contributed by atoms with van der Waals surface area (Å²) in [7, 11) is 2.60. The first-order valence-corrected chi connectivity index (χ1v) is 11.4. The predicted octanol–water partition coefficient (Wildman–Crippen LogP) is 5.20. The van der Waals surface area contributed by atoms with E-state index in [1.165, 1.54) is 95.0 Å². The largest absolute Gasteiger partial charge is 0.744 e. The van der Waals surface area contributed by atoms with Gasteiger partial charge in [0, 0.05) is 0 Å². The van der Waals surface area contributed by atoms with Crippen LogP contribution < -0.4 is 0 Å². The average Bonchev–Trinajstić information content (AvgIpc) is 2.56. The number of quaternary nitrogens is 1. The zero-order chi connectivity index (χ0) is 19.9. The van der Waals surface area contributed by atoms with Crippen LogP contribution >= 0.6 is 0 Å². The molecule has 1 aromatic rings. The molecule has 0 aromatic heterocycles. The summed E-state index contributed by atoms with van der Waals surface area (Å²) in [5.41, 5.74) is 0. The molecular weight excluding hydrogens is 346 g/mol. The smallest absolute Gasteiger partial charge is 0.124 e. The van der Waals surface area contributed by atoms with Crippen LogP contribution in [0.2, 0.25) is 0 Å². The predicted molar refractivity (Wildman–Crippen MR) is 109 cm³/mol. The molecule has 1 aromatic carbocycles. The molecule has 0 bridgehead atoms. The minimum absolute atomic E-state index is 0.185. The molecule has 0 unspecified atom stereocenters. The summed E-state index contributed by atoms with van der Waals surface area (Å²) >= 11 is 0. The second-order valence-corrected chi connectivity index (χ2v) is 9.34. The van der Waals surface area contributed by atoms with Gasteiger partial charge >= 0.3 is 0 Å². The maximum Gasteiger partial charge on any atom is 0.124 e. The quantitative estimate of drug-likeness (QED) is 0.282. The van der Waals surface area contributed by atoms with Crippen molar-refractivity contribution >= 4 is 10.1 Å². The van der Waals surface area contributed by atoms with E-state index in [1.807, 2.05) is 0 Å². The van der Waals surface area contributed by atoms with Gasteiger partial charge in [-0.05, 0) is 25.0 Å². The normalized spacial score (nSPS) is 11.7. The number of benzene rings is 1. The van der Waals surface area contributed by atoms with E-state index in [2.05, 4.69) is 28.1 Å². The Kier molecular flexibility index (Phi) is 13.7. The van der Waals surface area contributed by atoms with Crippen molar-refractivity contribution in [1.82, 2.24) is 0 Å². The van der Waals surface area contributed by atoms with E-state index in [1.54, 1.807) is 6.07 Å². The van der Waals surface area contributed by atoms with E-state index >= 15 is 0 Å². The summed E-state index contributed by atoms with van der Waals surface area (Å²) in [5.74, 6) is 0. The summed E-state index contributed by atoms with van der Waals surface area (Å²) in [5, 5.41) is 0. The molecule has 0 radical (unpaired) electrons. The highest BCUT2D eigenvalue weighted by molar-refractivity contribution is 7.85. The van der Waals surface area contributed by atoms with Gasteiger partial charge in [0.25, 0.3) is 0 Å². The Morgan fingerprint density at radius 2 is 1.19 bits per heavy atom. The van der Waals surface area contributed by atoms with Gasteiger partial charge in [0.2, 0.25) is 0 Å². The van der Waals surface area contributed by atoms with Crippen molar-refractivity contribution in [1.29, 1.82) is 0 Å². The first kappa shape index (κ1) is 25.1. The maximum absolute atomic E-state index is 10.3. The lowest BCUT2D eigenvalue weighted by molar-refractivity contribution is -0.870. The molecule has 5 heteroatoms. The van der Waals surface area contributed by atoms with Crippen LogP contribution in [0.15, 0.2) is 35.2 Å². The number of rotatable bonds is 12. The standard InChI is InChI=1S/C15H34N.C6H6O3S/c1-5-6-7-8-9-10-11-12-13-14-15-16(2,3)4;7-10(8,9)6-4-2-1-3-5-6/h5-15H2,1-4H3;1-5H,(H,7,8,9)/q+1;/p-1. The van der Waals surface area contributed by atoms with Gasteiger partial charge in [0.15, 0.2) is 0 Å². The van der Waals surface area contributed by atoms with E-state index in [9.17, 15) is 13.0 Å². The van der Waals surface area contributed by atoms with Crippen LogP contribution in [-0.4, -0.2) is 45.1 Å². The Morgan fingerprint density at radius 3 is 1.54 bits per heavy atom. The van der Waals surface area contributed by atoms with Gasteiger partial charge in [0.1, 0.15) is 10.1 Å². The van der Waals surface area contributed by atoms with Crippen molar-refractivity contribution in [3.05, 3.63) is 30.3 Å². The highest BCUT2D eigenvalue weighted by Crippen LogP contribution is 2.11. The van der Waals surface area contributed by atoms with E-state index in [4.69, 9.17) is 0 Å². The van der Waals surface area contributed by atoms with E-state index in [0.717, 1.165) is 4.48 Å². The lowest BCUT2D eigenvalue weighted by Gasteiger charge is -2.23. The van der Waals surface area contributed by atoms with Gasteiger partial charge in [-0.15, -0.1) is 0 Å². The lowest BCUT2D eigenvalue weighted by atomic mass is 10.1. The van der Waals surface area contributed by atoms with Crippen LogP contribution in [0.3, 0.4) is 0 Å². The number of nitrogens with zero attached hydrogens (tertiary/aromatic N) is 1. The molecular formula is C21H39NO3S. The van der Waals surface area contributed by atoms with Crippen molar-refractivity contribution in [2.75, 3.05) is 27.7 Å². The minimum atomic E-state index is -4.25. The lowest BCUT2D eigenvalue weighted by Crippen LogP contribution is -2.35. The molecule has 1 rings (SSSR count). The van der Waals surface area contributed by atoms with Gasteiger partial charge in [0.05, 0.1) is 32.6 Å². The topological polar surface area (TPSA) is 57.2 Å². The Labute approximate surface area is 162 Å². The highest BCUT2D eigenvalue weighted by atomic mass is 32.2. The summed E-state index contributed by atoms with van der Waals surface area (Å²) in [4.78, 5) is -0.185. The molecule has 152 valence electrons. The fourth-order valence-corrected chi connectivity index (χ4v) is 3.15. The summed E-state index contributed by atoms with van der Waals surface area (Å²) < 4.78 is 32.0. The molecule has 4 nitrogen and oxygen atoms in total. The van der Waals surface area contributed by atoms with E-state index in [-0.39, 0.29) is 4.90 Å². The third kappa shape index (κ3) is 16.6. The fraction of sp³-hybridized carbons (Fsp3) is 0.714. The molecule has 0 heterocycles. The molecule has 0 aliphatic heterocycles. The summed E-state index contributed by atoms with van der Waals surface area (Å²) in [6.07, 6.45) is 14.4. The Morgan fingerprint density at radius 1 is 0.769 bits per heavy atom. The Balaban J connectivity index is 0.000000531. The summed E-state index contributed by atoms with van der Waals surface area (Å²) in [6, 6.07) is 7.19. The molecule has 0 N–H and O–H groups in total. The Bertz CT molecular complexity index is 536. The van der Waals surface area contributed by atoms with Crippen molar-refractivity contribution in [3.8, 4) is 0 Å². The van der Waals surface area contributed by atoms with Gasteiger partial charge in [-0.2, -0.15) is 0 Å². The average molecular weight is 386 g/mol. The van der Waals surface area contributed by atoms with Crippen LogP contribution in [-0.2, 0) is 10.1 Å². The van der Waals surface area contributed by atoms with Gasteiger partial charge in [-0.25, -0.2) is 8.42 Å². The SMILES string of the molecule is CCCCCCCCCCCC[N+](C)(C)C.O=S(=O)([O-])c1ccccc1. The van der Waals surface area contributed by atoms with E-state index < -0.39 is 10.1 Å². The van der Waals surface area contributed by atoms with Crippen LogP contribution in [0.4, 0.5) is 0 Å². The third-order valence-electron chi connectivity index (χ3n) is 4.21. The highest BCUT2D eigenvalue weighted by Gasteiger charge is 2.04. The molecule has 0 atom stereocenters. The zero-order valence-corrected chi connectivity index (χ0v) is 18.1. The molecule has 0 amide bonds. The van der Waals surface area contributed by atoms with Gasteiger partial charge < -0.3 is 9.04 Å². The zero-order valence-electron chi connectivity index (χ0n) is 17.2. The molecule has 0 aliphatic rings. The molecule has 0 saturated carbocycles. The molecule has 0 fully saturated rings. The van der Waals surface area contributed by atoms with Crippen molar-refractivity contribution in [2.24, 2.45) is 0 Å². The molecule has 0 spiro atoms. The van der Waals surface area contributed by atoms with Crippen molar-refractivity contribution in [3.63, 3.8) is 0 Å². The summed E-state index contributed by atoms with van der Waals surface area (Å²) in [6.45, 7) is 3.62. The van der Waals surface area contributed by atoms with Crippen LogP contribution in [0.1, 0.15) is 71.1 Å². The van der Waals surface area contributed by atoms with Crippen LogP contribution in [0.5, 0.6) is 0 Å². The second kappa shape index (κ2) is 14.2. The first-order valence-electron chi connectivity index (χ1n) is 9.98. The van der Waals surface area contributed by atoms with Crippen LogP contribution in [0, 0.1) is 0 Å². The van der Waals surface area contributed by atoms with Crippen LogP contribution in [0.25, 0.3) is 0 Å². The fourth-order valence-electron chi connectivity index (χ4n) is 2.66. The monoisotopic (exact) mass is 385 g/mol. The maximum atomic E-state index is 10.3. The molecule has 0 aliphatic carbocycles. The molecule has 0 saturated heterocycles. The number of unbranched alkanes of at least 4 members (excludes halogenated alkanes) is 9. The van der Waals surface area contributed by atoms with Gasteiger partial charge in [-0.3, -0.25) is 0 Å².